The van der Waals surface area contributed by atoms with Crippen LogP contribution in [0.2, 0.25) is 0 Å². The smallest absolute Gasteiger partial charge is 0.223 e. The summed E-state index contributed by atoms with van der Waals surface area (Å²) >= 11 is 1.81. The second kappa shape index (κ2) is 9.25. The van der Waals surface area contributed by atoms with Crippen LogP contribution in [0.5, 0.6) is 0 Å². The van der Waals surface area contributed by atoms with Gasteiger partial charge in [-0.05, 0) is 30.7 Å². The molecule has 26 heavy (non-hydrogen) atoms. The second-order valence-electron chi connectivity index (χ2n) is 7.66. The monoisotopic (exact) mass is 377 g/mol. The van der Waals surface area contributed by atoms with Crippen molar-refractivity contribution in [1.29, 1.82) is 0 Å². The minimum absolute atomic E-state index is 0.125. The van der Waals surface area contributed by atoms with Gasteiger partial charge < -0.3 is 14.7 Å². The average molecular weight is 378 g/mol. The first kappa shape index (κ1) is 19.7. The van der Waals surface area contributed by atoms with Crippen LogP contribution >= 0.6 is 11.8 Å². The standard InChI is InChI=1S/C21H31NO3S/c1-17-15-22(11-10-21(17,24)19-7-12-25-13-8-19)20(23)9-14-26-16-18-5-3-2-4-6-18/h2-6,17,19,24H,7-16H2,1H3/t17-,21+/m1/s1. The molecule has 2 heterocycles. The Kier molecular flexibility index (Phi) is 7.01. The Morgan fingerprint density at radius 2 is 2.04 bits per heavy atom. The zero-order valence-electron chi connectivity index (χ0n) is 15.7. The van der Waals surface area contributed by atoms with Crippen molar-refractivity contribution in [3.05, 3.63) is 35.9 Å². The van der Waals surface area contributed by atoms with Crippen molar-refractivity contribution in [2.75, 3.05) is 32.1 Å². The van der Waals surface area contributed by atoms with E-state index < -0.39 is 5.60 Å². The first-order valence-electron chi connectivity index (χ1n) is 9.79. The van der Waals surface area contributed by atoms with E-state index in [0.717, 1.165) is 37.6 Å². The van der Waals surface area contributed by atoms with Gasteiger partial charge in [-0.3, -0.25) is 4.79 Å². The Labute approximate surface area is 161 Å². The number of amides is 1. The number of hydrogen-bond acceptors (Lipinski definition) is 4. The predicted octanol–water partition coefficient (Wildman–Crippen LogP) is 3.34. The maximum atomic E-state index is 12.6. The van der Waals surface area contributed by atoms with Crippen molar-refractivity contribution >= 4 is 17.7 Å². The summed E-state index contributed by atoms with van der Waals surface area (Å²) in [5.41, 5.74) is 0.667. The van der Waals surface area contributed by atoms with Crippen LogP contribution in [0.3, 0.4) is 0 Å². The minimum atomic E-state index is -0.636. The molecule has 144 valence electrons. The number of piperidine rings is 1. The lowest BCUT2D eigenvalue weighted by atomic mass is 9.70. The quantitative estimate of drug-likeness (QED) is 0.773. The first-order chi connectivity index (χ1) is 12.6. The van der Waals surface area contributed by atoms with Crippen LogP contribution in [0.1, 0.15) is 38.2 Å². The van der Waals surface area contributed by atoms with Crippen molar-refractivity contribution in [2.45, 2.75) is 44.0 Å². The highest BCUT2D eigenvalue weighted by Gasteiger charge is 2.45. The van der Waals surface area contributed by atoms with Gasteiger partial charge in [0.1, 0.15) is 0 Å². The van der Waals surface area contributed by atoms with Gasteiger partial charge >= 0.3 is 0 Å². The summed E-state index contributed by atoms with van der Waals surface area (Å²) in [5.74, 6) is 2.47. The van der Waals surface area contributed by atoms with Gasteiger partial charge in [-0.1, -0.05) is 37.3 Å². The summed E-state index contributed by atoms with van der Waals surface area (Å²) in [6, 6.07) is 10.4. The number of benzene rings is 1. The number of hydrogen-bond donors (Lipinski definition) is 1. The maximum absolute atomic E-state index is 12.6. The van der Waals surface area contributed by atoms with Gasteiger partial charge in [0.25, 0.3) is 0 Å². The summed E-state index contributed by atoms with van der Waals surface area (Å²) in [7, 11) is 0. The molecule has 2 aliphatic heterocycles. The molecule has 0 bridgehead atoms. The Bertz CT molecular complexity index is 576. The number of ether oxygens (including phenoxy) is 1. The number of thioether (sulfide) groups is 1. The van der Waals surface area contributed by atoms with Gasteiger partial charge in [0.15, 0.2) is 0 Å². The molecule has 0 aromatic heterocycles. The third-order valence-electron chi connectivity index (χ3n) is 5.98. The highest BCUT2D eigenvalue weighted by molar-refractivity contribution is 7.98. The van der Waals surface area contributed by atoms with E-state index in [2.05, 4.69) is 31.2 Å². The van der Waals surface area contributed by atoms with Crippen LogP contribution in [-0.2, 0) is 15.3 Å². The highest BCUT2D eigenvalue weighted by atomic mass is 32.2. The lowest BCUT2D eigenvalue weighted by molar-refractivity contribution is -0.151. The van der Waals surface area contributed by atoms with E-state index in [1.807, 2.05) is 22.7 Å². The topological polar surface area (TPSA) is 49.8 Å². The van der Waals surface area contributed by atoms with E-state index >= 15 is 0 Å². The van der Waals surface area contributed by atoms with Crippen LogP contribution in [0.15, 0.2) is 30.3 Å². The molecule has 2 fully saturated rings. The summed E-state index contributed by atoms with van der Waals surface area (Å²) in [6.07, 6.45) is 3.15. The zero-order valence-corrected chi connectivity index (χ0v) is 16.5. The lowest BCUT2D eigenvalue weighted by Crippen LogP contribution is -2.56. The number of likely N-dealkylation sites (tertiary alicyclic amines) is 1. The van der Waals surface area contributed by atoms with Crippen molar-refractivity contribution in [3.8, 4) is 0 Å². The van der Waals surface area contributed by atoms with E-state index in [1.54, 1.807) is 0 Å². The Hall–Kier alpha value is -1.04. The Morgan fingerprint density at radius 3 is 2.73 bits per heavy atom. The van der Waals surface area contributed by atoms with E-state index in [0.29, 0.717) is 31.8 Å². The normalized spacial score (nSPS) is 27.5. The fraction of sp³-hybridized carbons (Fsp3) is 0.667. The van der Waals surface area contributed by atoms with Crippen LogP contribution in [0.4, 0.5) is 0 Å². The molecule has 1 amide bonds. The highest BCUT2D eigenvalue weighted by Crippen LogP contribution is 2.39. The Balaban J connectivity index is 1.42. The van der Waals surface area contributed by atoms with Crippen molar-refractivity contribution in [2.24, 2.45) is 11.8 Å². The van der Waals surface area contributed by atoms with Crippen molar-refractivity contribution in [1.82, 2.24) is 4.90 Å². The molecule has 0 unspecified atom stereocenters. The third-order valence-corrected chi connectivity index (χ3v) is 7.01. The summed E-state index contributed by atoms with van der Waals surface area (Å²) in [5, 5.41) is 11.2. The fourth-order valence-electron chi connectivity index (χ4n) is 4.25. The SMILES string of the molecule is C[C@@H]1CN(C(=O)CCSCc2ccccc2)CC[C@@]1(O)C1CCOCC1. The van der Waals surface area contributed by atoms with Gasteiger partial charge in [0, 0.05) is 50.1 Å². The van der Waals surface area contributed by atoms with Crippen LogP contribution in [0.25, 0.3) is 0 Å². The number of nitrogens with zero attached hydrogens (tertiary/aromatic N) is 1. The van der Waals surface area contributed by atoms with E-state index in [9.17, 15) is 9.90 Å². The van der Waals surface area contributed by atoms with Crippen LogP contribution in [-0.4, -0.2) is 53.6 Å². The fourth-order valence-corrected chi connectivity index (χ4v) is 5.14. The summed E-state index contributed by atoms with van der Waals surface area (Å²) in [4.78, 5) is 14.5. The third kappa shape index (κ3) is 4.81. The maximum Gasteiger partial charge on any atom is 0.223 e. The average Bonchev–Trinajstić information content (AvgIpc) is 2.69. The van der Waals surface area contributed by atoms with E-state index in [4.69, 9.17) is 4.74 Å². The van der Waals surface area contributed by atoms with Gasteiger partial charge in [-0.25, -0.2) is 0 Å². The van der Waals surface area contributed by atoms with Gasteiger partial charge in [-0.15, -0.1) is 0 Å². The molecule has 3 rings (SSSR count). The van der Waals surface area contributed by atoms with Crippen molar-refractivity contribution in [3.63, 3.8) is 0 Å². The van der Waals surface area contributed by atoms with Gasteiger partial charge in [0.2, 0.25) is 5.91 Å². The summed E-state index contributed by atoms with van der Waals surface area (Å²) < 4.78 is 5.44. The molecule has 1 aromatic rings. The second-order valence-corrected chi connectivity index (χ2v) is 8.76. The number of aliphatic hydroxyl groups is 1. The molecular weight excluding hydrogens is 346 g/mol. The molecule has 1 aromatic carbocycles. The molecule has 0 radical (unpaired) electrons. The molecule has 0 spiro atoms. The molecule has 2 atom stereocenters. The summed E-state index contributed by atoms with van der Waals surface area (Å²) in [6.45, 7) is 4.96. The molecule has 0 aliphatic carbocycles. The van der Waals surface area contributed by atoms with Gasteiger partial charge in [0.05, 0.1) is 5.60 Å². The molecule has 0 saturated carbocycles. The molecule has 2 aliphatic rings. The molecular formula is C21H31NO3S. The van der Waals surface area contributed by atoms with Crippen molar-refractivity contribution < 1.29 is 14.6 Å². The zero-order chi connectivity index (χ0) is 18.4. The first-order valence-corrected chi connectivity index (χ1v) is 10.9. The van der Waals surface area contributed by atoms with Gasteiger partial charge in [-0.2, -0.15) is 11.8 Å². The largest absolute Gasteiger partial charge is 0.389 e. The molecule has 4 nitrogen and oxygen atoms in total. The number of carbonyl (C=O) groups excluding carboxylic acids is 1. The number of rotatable bonds is 6. The van der Waals surface area contributed by atoms with Crippen LogP contribution < -0.4 is 0 Å². The van der Waals surface area contributed by atoms with E-state index in [-0.39, 0.29) is 11.8 Å². The van der Waals surface area contributed by atoms with E-state index in [1.165, 1.54) is 5.56 Å². The predicted molar refractivity (Wildman–Crippen MR) is 106 cm³/mol. The molecule has 2 saturated heterocycles. The molecule has 1 N–H and O–H groups in total. The Morgan fingerprint density at radius 1 is 1.31 bits per heavy atom. The molecule has 5 heteroatoms. The number of carbonyl (C=O) groups is 1. The van der Waals surface area contributed by atoms with Crippen LogP contribution in [0, 0.1) is 11.8 Å². The minimum Gasteiger partial charge on any atom is -0.389 e. The lowest BCUT2D eigenvalue weighted by Gasteiger charge is -2.48.